The second kappa shape index (κ2) is 7.32. The van der Waals surface area contributed by atoms with E-state index in [-0.39, 0.29) is 18.1 Å². The molecule has 30 heavy (non-hydrogen) atoms. The second-order valence-corrected chi connectivity index (χ2v) is 8.76. The van der Waals surface area contributed by atoms with Gasteiger partial charge in [-0.2, -0.15) is 21.6 Å². The maximum Gasteiger partial charge on any atom is 0.516 e. The van der Waals surface area contributed by atoms with Crippen LogP contribution in [0.15, 0.2) is 60.7 Å². The average molecular weight is 434 g/mol. The maximum absolute atomic E-state index is 12.9. The van der Waals surface area contributed by atoms with E-state index in [1.165, 1.54) is 29.0 Å². The van der Waals surface area contributed by atoms with Crippen LogP contribution in [0.2, 0.25) is 0 Å². The Morgan fingerprint density at radius 3 is 2.23 bits per heavy atom. The number of hydrogen-bond donors (Lipinski definition) is 1. The van der Waals surface area contributed by atoms with Crippen molar-refractivity contribution in [3.8, 4) is 0 Å². The Morgan fingerprint density at radius 1 is 0.967 bits per heavy atom. The molecule has 0 atom stereocenters. The van der Waals surface area contributed by atoms with Gasteiger partial charge >= 0.3 is 15.5 Å². The zero-order valence-corrected chi connectivity index (χ0v) is 16.4. The molecule has 1 aliphatic rings. The number of sulfonamides is 1. The molecule has 0 saturated heterocycles. The highest BCUT2D eigenvalue weighted by Gasteiger charge is 2.46. The van der Waals surface area contributed by atoms with Gasteiger partial charge in [-0.25, -0.2) is 0 Å². The summed E-state index contributed by atoms with van der Waals surface area (Å²) in [6.45, 7) is 0.796. The standard InChI is InChI=1S/C21H17F3N2O3S/c22-21(23,24)30(28,29)25-18-7-5-14(6-8-18)13-26-10-9-17-11-15-3-1-2-4-16(15)12-19(17)20(26)27/h1-8,11-12,25H,9-10,13H2. The molecular formula is C21H17F3N2O3S. The van der Waals surface area contributed by atoms with Gasteiger partial charge in [0, 0.05) is 24.3 Å². The number of amides is 1. The molecule has 5 nitrogen and oxygen atoms in total. The lowest BCUT2D eigenvalue weighted by molar-refractivity contribution is -0.0429. The lowest BCUT2D eigenvalue weighted by Crippen LogP contribution is -2.37. The smallest absolute Gasteiger partial charge is 0.334 e. The summed E-state index contributed by atoms with van der Waals surface area (Å²) in [5.41, 5.74) is -3.26. The number of rotatable bonds is 4. The van der Waals surface area contributed by atoms with Gasteiger partial charge in [-0.3, -0.25) is 9.52 Å². The Balaban J connectivity index is 1.50. The molecule has 9 heteroatoms. The van der Waals surface area contributed by atoms with Gasteiger partial charge < -0.3 is 4.90 Å². The Labute approximate surface area is 171 Å². The predicted molar refractivity (Wildman–Crippen MR) is 107 cm³/mol. The Kier molecular flexibility index (Phi) is 4.93. The van der Waals surface area contributed by atoms with E-state index in [9.17, 15) is 26.4 Å². The topological polar surface area (TPSA) is 66.5 Å². The van der Waals surface area contributed by atoms with Crippen LogP contribution in [-0.2, 0) is 23.0 Å². The molecule has 1 aliphatic heterocycles. The molecule has 4 rings (SSSR count). The molecule has 0 unspecified atom stereocenters. The van der Waals surface area contributed by atoms with Gasteiger partial charge in [0.15, 0.2) is 0 Å². The van der Waals surface area contributed by atoms with Crippen LogP contribution < -0.4 is 4.72 Å². The largest absolute Gasteiger partial charge is 0.516 e. The minimum absolute atomic E-state index is 0.108. The van der Waals surface area contributed by atoms with Crippen molar-refractivity contribution in [2.45, 2.75) is 18.5 Å². The molecule has 3 aromatic carbocycles. The fraction of sp³-hybridized carbons (Fsp3) is 0.190. The van der Waals surface area contributed by atoms with Crippen molar-refractivity contribution in [1.29, 1.82) is 0 Å². The van der Waals surface area contributed by atoms with Crippen LogP contribution in [0.5, 0.6) is 0 Å². The zero-order valence-electron chi connectivity index (χ0n) is 15.6. The van der Waals surface area contributed by atoms with E-state index in [1.54, 1.807) is 4.90 Å². The first kappa shape index (κ1) is 20.2. The SMILES string of the molecule is O=C1c2cc3ccccc3cc2CCN1Cc1ccc(NS(=O)(=O)C(F)(F)F)cc1. The number of alkyl halides is 3. The molecule has 0 bridgehead atoms. The lowest BCUT2D eigenvalue weighted by Gasteiger charge is -2.29. The van der Waals surface area contributed by atoms with Crippen LogP contribution in [-0.4, -0.2) is 31.3 Å². The second-order valence-electron chi connectivity index (χ2n) is 7.08. The Hall–Kier alpha value is -3.07. The molecule has 0 saturated carbocycles. The summed E-state index contributed by atoms with van der Waals surface area (Å²) in [4.78, 5) is 14.6. The van der Waals surface area contributed by atoms with E-state index in [0.717, 1.165) is 16.3 Å². The van der Waals surface area contributed by atoms with E-state index in [4.69, 9.17) is 0 Å². The molecule has 1 heterocycles. The number of halogens is 3. The average Bonchev–Trinajstić information content (AvgIpc) is 2.69. The third-order valence-corrected chi connectivity index (χ3v) is 6.14. The summed E-state index contributed by atoms with van der Waals surface area (Å²) in [5.74, 6) is -0.108. The van der Waals surface area contributed by atoms with Crippen LogP contribution in [0, 0.1) is 0 Å². The molecule has 0 radical (unpaired) electrons. The summed E-state index contributed by atoms with van der Waals surface area (Å²) in [6, 6.07) is 17.2. The van der Waals surface area contributed by atoms with E-state index in [2.05, 4.69) is 0 Å². The van der Waals surface area contributed by atoms with Crippen LogP contribution in [0.4, 0.5) is 18.9 Å². The Bertz CT molecular complexity index is 1220. The van der Waals surface area contributed by atoms with Gasteiger partial charge in [-0.15, -0.1) is 0 Å². The molecule has 0 fully saturated rings. The van der Waals surface area contributed by atoms with Gasteiger partial charge in [0.05, 0.1) is 0 Å². The monoisotopic (exact) mass is 434 g/mol. The highest BCUT2D eigenvalue weighted by Crippen LogP contribution is 2.27. The fourth-order valence-corrected chi connectivity index (χ4v) is 4.05. The van der Waals surface area contributed by atoms with Crippen molar-refractivity contribution >= 4 is 32.4 Å². The summed E-state index contributed by atoms with van der Waals surface area (Å²) in [7, 11) is -5.47. The number of anilines is 1. The first-order valence-corrected chi connectivity index (χ1v) is 10.6. The number of fused-ring (bicyclic) bond motifs is 2. The van der Waals surface area contributed by atoms with Gasteiger partial charge in [0.1, 0.15) is 0 Å². The van der Waals surface area contributed by atoms with Crippen molar-refractivity contribution in [2.75, 3.05) is 11.3 Å². The molecular weight excluding hydrogens is 417 g/mol. The molecule has 3 aromatic rings. The van der Waals surface area contributed by atoms with Crippen LogP contribution in [0.3, 0.4) is 0 Å². The number of carbonyl (C=O) groups excluding carboxylic acids is 1. The van der Waals surface area contributed by atoms with Crippen molar-refractivity contribution in [3.05, 3.63) is 77.4 Å². The number of hydrogen-bond acceptors (Lipinski definition) is 3. The minimum atomic E-state index is -5.47. The summed E-state index contributed by atoms with van der Waals surface area (Å²) < 4.78 is 61.3. The summed E-state index contributed by atoms with van der Waals surface area (Å²) >= 11 is 0. The minimum Gasteiger partial charge on any atom is -0.334 e. The third kappa shape index (κ3) is 3.85. The van der Waals surface area contributed by atoms with Crippen molar-refractivity contribution in [1.82, 2.24) is 4.90 Å². The van der Waals surface area contributed by atoms with E-state index in [1.807, 2.05) is 36.4 Å². The fourth-order valence-electron chi connectivity index (χ4n) is 3.48. The molecule has 0 aliphatic carbocycles. The quantitative estimate of drug-likeness (QED) is 0.666. The van der Waals surface area contributed by atoms with Crippen LogP contribution in [0.25, 0.3) is 10.8 Å². The predicted octanol–water partition coefficient (Wildman–Crippen LogP) is 4.30. The molecule has 1 N–H and O–H groups in total. The third-order valence-electron chi connectivity index (χ3n) is 5.02. The van der Waals surface area contributed by atoms with Crippen molar-refractivity contribution in [3.63, 3.8) is 0 Å². The molecule has 156 valence electrons. The lowest BCUT2D eigenvalue weighted by atomic mass is 9.94. The number of carbonyl (C=O) groups is 1. The molecule has 0 aromatic heterocycles. The normalized spacial score (nSPS) is 14.6. The van der Waals surface area contributed by atoms with Crippen LogP contribution >= 0.6 is 0 Å². The highest BCUT2D eigenvalue weighted by molar-refractivity contribution is 7.93. The van der Waals surface area contributed by atoms with Crippen molar-refractivity contribution < 1.29 is 26.4 Å². The number of nitrogens with one attached hydrogen (secondary N) is 1. The molecule has 0 spiro atoms. The number of nitrogens with zero attached hydrogens (tertiary/aromatic N) is 1. The van der Waals surface area contributed by atoms with E-state index in [0.29, 0.717) is 24.1 Å². The first-order chi connectivity index (χ1) is 14.1. The van der Waals surface area contributed by atoms with Gasteiger partial charge in [0.2, 0.25) is 0 Å². The van der Waals surface area contributed by atoms with Crippen LogP contribution in [0.1, 0.15) is 21.5 Å². The zero-order chi connectivity index (χ0) is 21.5. The first-order valence-electron chi connectivity index (χ1n) is 9.13. The highest BCUT2D eigenvalue weighted by atomic mass is 32.2. The number of benzene rings is 3. The maximum atomic E-state index is 12.9. The summed E-state index contributed by atoms with van der Waals surface area (Å²) in [5, 5.41) is 2.06. The van der Waals surface area contributed by atoms with Gasteiger partial charge in [-0.1, -0.05) is 42.5 Å². The summed E-state index contributed by atoms with van der Waals surface area (Å²) in [6.07, 6.45) is 0.704. The molecule has 1 amide bonds. The Morgan fingerprint density at radius 2 is 1.60 bits per heavy atom. The van der Waals surface area contributed by atoms with Gasteiger partial charge in [-0.05, 0) is 46.5 Å². The van der Waals surface area contributed by atoms with Gasteiger partial charge in [0.25, 0.3) is 5.91 Å². The van der Waals surface area contributed by atoms with Crippen molar-refractivity contribution in [2.24, 2.45) is 0 Å². The van der Waals surface area contributed by atoms with E-state index >= 15 is 0 Å². The van der Waals surface area contributed by atoms with E-state index < -0.39 is 15.5 Å².